The highest BCUT2D eigenvalue weighted by atomic mass is 32.2. The summed E-state index contributed by atoms with van der Waals surface area (Å²) in [6.45, 7) is 1.64. The minimum atomic E-state index is -0.363. The monoisotopic (exact) mass is 461 g/mol. The Morgan fingerprint density at radius 1 is 0.970 bits per heavy atom. The number of anilines is 1. The lowest BCUT2D eigenvalue weighted by molar-refractivity contribution is -0.115. The number of ether oxygens (including phenoxy) is 2. The second-order valence-corrected chi connectivity index (χ2v) is 8.33. The van der Waals surface area contributed by atoms with E-state index in [1.54, 1.807) is 12.3 Å². The minimum Gasteiger partial charge on any atom is -0.492 e. The first-order chi connectivity index (χ1) is 16.1. The van der Waals surface area contributed by atoms with Crippen molar-refractivity contribution in [3.63, 3.8) is 0 Å². The summed E-state index contributed by atoms with van der Waals surface area (Å²) in [5.41, 5.74) is 1.93. The number of carbonyl (C=O) groups excluding carboxylic acids is 2. The van der Waals surface area contributed by atoms with Crippen LogP contribution in [0, 0.1) is 0 Å². The topological polar surface area (TPSA) is 80.8 Å². The predicted octanol–water partition coefficient (Wildman–Crippen LogP) is 4.50. The van der Waals surface area contributed by atoms with Crippen molar-refractivity contribution in [1.29, 1.82) is 0 Å². The molecule has 0 spiro atoms. The van der Waals surface area contributed by atoms with E-state index in [1.807, 2.05) is 78.7 Å². The first-order valence-corrected chi connectivity index (χ1v) is 11.2. The molecule has 0 unspecified atom stereocenters. The average molecular weight is 462 g/mol. The maximum atomic E-state index is 11.6. The van der Waals surface area contributed by atoms with Gasteiger partial charge in [0.25, 0.3) is 11.1 Å². The van der Waals surface area contributed by atoms with Crippen LogP contribution in [0.25, 0.3) is 6.08 Å². The van der Waals surface area contributed by atoms with E-state index in [4.69, 9.17) is 9.47 Å². The van der Waals surface area contributed by atoms with E-state index in [0.29, 0.717) is 24.7 Å². The van der Waals surface area contributed by atoms with Gasteiger partial charge < -0.3 is 14.4 Å². The van der Waals surface area contributed by atoms with Crippen molar-refractivity contribution in [2.75, 3.05) is 25.1 Å². The standard InChI is InChI=1S/C25H23N3O4S/c1-28(23-12-11-21(16-26-23)32-17-19-5-3-2-4-6-19)13-14-31-20-9-7-18(8-10-20)15-22-24(29)27-25(30)33-22/h2-12,15-16H,13-14,17H2,1H3,(H,27,29,30)/b22-15+. The van der Waals surface area contributed by atoms with Crippen LogP contribution in [0.15, 0.2) is 77.8 Å². The quantitative estimate of drug-likeness (QED) is 0.470. The molecule has 1 aliphatic rings. The summed E-state index contributed by atoms with van der Waals surface area (Å²) in [4.78, 5) is 29.7. The van der Waals surface area contributed by atoms with Crippen LogP contribution < -0.4 is 19.7 Å². The molecule has 4 rings (SSSR count). The number of likely N-dealkylation sites (N-methyl/N-ethyl adjacent to an activating group) is 1. The van der Waals surface area contributed by atoms with Gasteiger partial charge in [-0.25, -0.2) is 4.98 Å². The van der Waals surface area contributed by atoms with Gasteiger partial charge in [0, 0.05) is 7.05 Å². The smallest absolute Gasteiger partial charge is 0.290 e. The molecular weight excluding hydrogens is 438 g/mol. The fraction of sp³-hybridized carbons (Fsp3) is 0.160. The Hall–Kier alpha value is -3.78. The van der Waals surface area contributed by atoms with E-state index in [0.717, 1.165) is 40.2 Å². The van der Waals surface area contributed by atoms with Gasteiger partial charge >= 0.3 is 0 Å². The molecule has 7 nitrogen and oxygen atoms in total. The third-order valence-electron chi connectivity index (χ3n) is 4.88. The van der Waals surface area contributed by atoms with Crippen molar-refractivity contribution in [2.24, 2.45) is 0 Å². The maximum Gasteiger partial charge on any atom is 0.290 e. The van der Waals surface area contributed by atoms with Gasteiger partial charge in [-0.2, -0.15) is 0 Å². The average Bonchev–Trinajstić information content (AvgIpc) is 3.16. The molecule has 1 aromatic heterocycles. The van der Waals surface area contributed by atoms with Gasteiger partial charge in [-0.15, -0.1) is 0 Å². The number of nitrogens with one attached hydrogen (secondary N) is 1. The van der Waals surface area contributed by atoms with Crippen molar-refractivity contribution >= 4 is 34.8 Å². The Morgan fingerprint density at radius 3 is 2.39 bits per heavy atom. The molecule has 2 heterocycles. The summed E-state index contributed by atoms with van der Waals surface area (Å²) in [5.74, 6) is 1.91. The van der Waals surface area contributed by atoms with Crippen molar-refractivity contribution < 1.29 is 19.1 Å². The fourth-order valence-corrected chi connectivity index (χ4v) is 3.75. The first-order valence-electron chi connectivity index (χ1n) is 10.4. The number of rotatable bonds is 9. The van der Waals surface area contributed by atoms with Gasteiger partial charge in [0.1, 0.15) is 30.5 Å². The van der Waals surface area contributed by atoms with Gasteiger partial charge in [-0.1, -0.05) is 42.5 Å². The molecule has 0 bridgehead atoms. The number of amides is 2. The third-order valence-corrected chi connectivity index (χ3v) is 5.69. The highest BCUT2D eigenvalue weighted by Crippen LogP contribution is 2.26. The number of hydrogen-bond acceptors (Lipinski definition) is 7. The molecule has 1 N–H and O–H groups in total. The van der Waals surface area contributed by atoms with Crippen molar-refractivity contribution in [3.8, 4) is 11.5 Å². The highest BCUT2D eigenvalue weighted by Gasteiger charge is 2.24. The zero-order valence-corrected chi connectivity index (χ0v) is 18.9. The van der Waals surface area contributed by atoms with Crippen LogP contribution in [0.4, 0.5) is 10.6 Å². The van der Waals surface area contributed by atoms with Crippen LogP contribution in [0.5, 0.6) is 11.5 Å². The van der Waals surface area contributed by atoms with Crippen LogP contribution in [0.1, 0.15) is 11.1 Å². The Morgan fingerprint density at radius 2 is 1.73 bits per heavy atom. The Balaban J connectivity index is 1.22. The second kappa shape index (κ2) is 10.7. The number of imide groups is 1. The van der Waals surface area contributed by atoms with Gasteiger partial charge in [0.05, 0.1) is 17.6 Å². The largest absolute Gasteiger partial charge is 0.492 e. The number of pyridine rings is 1. The normalized spacial score (nSPS) is 14.3. The molecule has 0 saturated carbocycles. The van der Waals surface area contributed by atoms with E-state index < -0.39 is 0 Å². The molecule has 1 aliphatic heterocycles. The molecular formula is C25H23N3O4S. The fourth-order valence-electron chi connectivity index (χ4n) is 3.07. The van der Waals surface area contributed by atoms with E-state index in [-0.39, 0.29) is 11.1 Å². The van der Waals surface area contributed by atoms with E-state index in [9.17, 15) is 9.59 Å². The molecule has 1 saturated heterocycles. The lowest BCUT2D eigenvalue weighted by Crippen LogP contribution is -2.24. The number of hydrogen-bond donors (Lipinski definition) is 1. The molecule has 2 aromatic carbocycles. The van der Waals surface area contributed by atoms with E-state index in [1.165, 1.54) is 0 Å². The van der Waals surface area contributed by atoms with Crippen molar-refractivity contribution in [3.05, 3.63) is 89.0 Å². The number of benzene rings is 2. The van der Waals surface area contributed by atoms with Crippen LogP contribution >= 0.6 is 11.8 Å². The summed E-state index contributed by atoms with van der Waals surface area (Å²) in [7, 11) is 1.96. The molecule has 0 aliphatic carbocycles. The molecule has 33 heavy (non-hydrogen) atoms. The minimum absolute atomic E-state index is 0.348. The molecule has 0 atom stereocenters. The van der Waals surface area contributed by atoms with Gasteiger partial charge in [0.2, 0.25) is 0 Å². The highest BCUT2D eigenvalue weighted by molar-refractivity contribution is 8.18. The van der Waals surface area contributed by atoms with Gasteiger partial charge in [-0.3, -0.25) is 14.9 Å². The SMILES string of the molecule is CN(CCOc1ccc(/C=C2/SC(=O)NC2=O)cc1)c1ccc(OCc2ccccc2)cn1. The Bertz CT molecular complexity index is 1130. The molecule has 3 aromatic rings. The van der Waals surface area contributed by atoms with E-state index >= 15 is 0 Å². The summed E-state index contributed by atoms with van der Waals surface area (Å²) in [5, 5.41) is 1.89. The number of carbonyl (C=O) groups is 2. The predicted molar refractivity (Wildman–Crippen MR) is 129 cm³/mol. The van der Waals surface area contributed by atoms with E-state index in [2.05, 4.69) is 10.3 Å². The van der Waals surface area contributed by atoms with Gasteiger partial charge in [-0.05, 0) is 53.2 Å². The summed E-state index contributed by atoms with van der Waals surface area (Å²) in [6.07, 6.45) is 3.40. The zero-order chi connectivity index (χ0) is 23.0. The lowest BCUT2D eigenvalue weighted by atomic mass is 10.2. The third kappa shape index (κ3) is 6.36. The second-order valence-electron chi connectivity index (χ2n) is 7.32. The number of nitrogens with zero attached hydrogens (tertiary/aromatic N) is 2. The number of thioether (sulfide) groups is 1. The Kier molecular flexibility index (Phi) is 7.26. The lowest BCUT2D eigenvalue weighted by Gasteiger charge is -2.18. The summed E-state index contributed by atoms with van der Waals surface area (Å²) in [6, 6.07) is 21.2. The molecule has 0 radical (unpaired) electrons. The molecule has 1 fully saturated rings. The first kappa shape index (κ1) is 22.4. The summed E-state index contributed by atoms with van der Waals surface area (Å²) >= 11 is 0.901. The Labute approximate surface area is 196 Å². The molecule has 168 valence electrons. The van der Waals surface area contributed by atoms with Crippen molar-refractivity contribution in [1.82, 2.24) is 10.3 Å². The van der Waals surface area contributed by atoms with Crippen molar-refractivity contribution in [2.45, 2.75) is 6.61 Å². The van der Waals surface area contributed by atoms with Crippen LogP contribution in [0.2, 0.25) is 0 Å². The number of aromatic nitrogens is 1. The van der Waals surface area contributed by atoms with Gasteiger partial charge in [0.15, 0.2) is 0 Å². The summed E-state index contributed by atoms with van der Waals surface area (Å²) < 4.78 is 11.6. The zero-order valence-electron chi connectivity index (χ0n) is 18.1. The van der Waals surface area contributed by atoms with Crippen LogP contribution in [-0.2, 0) is 11.4 Å². The molecule has 2 amide bonds. The molecule has 8 heteroatoms. The van der Waals surface area contributed by atoms with Crippen LogP contribution in [0.3, 0.4) is 0 Å². The maximum absolute atomic E-state index is 11.6. The van der Waals surface area contributed by atoms with Crippen LogP contribution in [-0.4, -0.2) is 36.3 Å².